The van der Waals surface area contributed by atoms with Crippen LogP contribution < -0.4 is 11.1 Å². The molecular formula is C15H29N3O. The molecule has 0 heterocycles. The first-order chi connectivity index (χ1) is 9.00. The van der Waals surface area contributed by atoms with Gasteiger partial charge in [0.15, 0.2) is 0 Å². The molecule has 0 aromatic rings. The van der Waals surface area contributed by atoms with Gasteiger partial charge in [0.1, 0.15) is 0 Å². The second kappa shape index (κ2) is 6.23. The van der Waals surface area contributed by atoms with Crippen LogP contribution in [-0.2, 0) is 4.79 Å². The number of nitrogens with zero attached hydrogens (tertiary/aromatic N) is 1. The highest BCUT2D eigenvalue weighted by Crippen LogP contribution is 2.32. The molecule has 0 aromatic carbocycles. The molecule has 0 bridgehead atoms. The molecule has 0 aliphatic heterocycles. The summed E-state index contributed by atoms with van der Waals surface area (Å²) < 4.78 is 0. The van der Waals surface area contributed by atoms with E-state index in [1.807, 2.05) is 13.8 Å². The van der Waals surface area contributed by atoms with Gasteiger partial charge in [0.05, 0.1) is 6.04 Å². The van der Waals surface area contributed by atoms with Gasteiger partial charge in [-0.25, -0.2) is 0 Å². The van der Waals surface area contributed by atoms with Crippen molar-refractivity contribution in [1.29, 1.82) is 0 Å². The summed E-state index contributed by atoms with van der Waals surface area (Å²) >= 11 is 0. The van der Waals surface area contributed by atoms with Crippen molar-refractivity contribution < 1.29 is 4.79 Å². The lowest BCUT2D eigenvalue weighted by Gasteiger charge is -2.39. The van der Waals surface area contributed by atoms with Crippen LogP contribution in [0.15, 0.2) is 0 Å². The lowest BCUT2D eigenvalue weighted by Crippen LogP contribution is -2.56. The Labute approximate surface area is 117 Å². The zero-order valence-corrected chi connectivity index (χ0v) is 12.6. The summed E-state index contributed by atoms with van der Waals surface area (Å²) in [5.41, 5.74) is 5.95. The third-order valence-electron chi connectivity index (χ3n) is 4.72. The molecule has 2 aliphatic rings. The first kappa shape index (κ1) is 14.8. The molecule has 4 heteroatoms. The van der Waals surface area contributed by atoms with Gasteiger partial charge in [-0.05, 0) is 38.6 Å². The number of hydrogen-bond donors (Lipinski definition) is 2. The standard InChI is InChI=1S/C15H29N3O/c1-10(2)14(16)15(19)17-12-6-4-5-7-13(12)18(3)11-8-9-11/h10-14H,4-9,16H2,1-3H3,(H,17,19)/t12-,13-,14+/m1/s1. The molecule has 2 rings (SSSR count). The van der Waals surface area contributed by atoms with Gasteiger partial charge in [-0.3, -0.25) is 9.69 Å². The van der Waals surface area contributed by atoms with E-state index in [0.29, 0.717) is 6.04 Å². The Kier molecular flexibility index (Phi) is 4.85. The average molecular weight is 267 g/mol. The summed E-state index contributed by atoms with van der Waals surface area (Å²) in [6.45, 7) is 4.00. The third kappa shape index (κ3) is 3.69. The van der Waals surface area contributed by atoms with E-state index in [9.17, 15) is 4.79 Å². The van der Waals surface area contributed by atoms with Gasteiger partial charge in [0.25, 0.3) is 0 Å². The van der Waals surface area contributed by atoms with Crippen molar-refractivity contribution in [2.75, 3.05) is 7.05 Å². The summed E-state index contributed by atoms with van der Waals surface area (Å²) in [7, 11) is 2.22. The molecule has 3 N–H and O–H groups in total. The van der Waals surface area contributed by atoms with E-state index in [-0.39, 0.29) is 23.9 Å². The molecule has 0 aromatic heterocycles. The number of rotatable bonds is 5. The summed E-state index contributed by atoms with van der Waals surface area (Å²) in [5.74, 6) is 0.222. The number of carbonyl (C=O) groups is 1. The topological polar surface area (TPSA) is 58.4 Å². The minimum absolute atomic E-state index is 0.0242. The van der Waals surface area contributed by atoms with Crippen LogP contribution >= 0.6 is 0 Å². The van der Waals surface area contributed by atoms with Crippen LogP contribution in [-0.4, -0.2) is 42.0 Å². The second-order valence-corrected chi connectivity index (χ2v) is 6.63. The van der Waals surface area contributed by atoms with Crippen molar-refractivity contribution in [2.24, 2.45) is 11.7 Å². The van der Waals surface area contributed by atoms with E-state index in [1.165, 1.54) is 32.1 Å². The van der Waals surface area contributed by atoms with E-state index in [0.717, 1.165) is 12.5 Å². The quantitative estimate of drug-likeness (QED) is 0.793. The van der Waals surface area contributed by atoms with Gasteiger partial charge in [-0.1, -0.05) is 26.7 Å². The predicted molar refractivity (Wildman–Crippen MR) is 77.8 cm³/mol. The molecule has 2 fully saturated rings. The fourth-order valence-corrected chi connectivity index (χ4v) is 3.10. The molecule has 0 radical (unpaired) electrons. The van der Waals surface area contributed by atoms with Crippen LogP contribution in [0, 0.1) is 5.92 Å². The van der Waals surface area contributed by atoms with Gasteiger partial charge >= 0.3 is 0 Å². The van der Waals surface area contributed by atoms with E-state index in [1.54, 1.807) is 0 Å². The van der Waals surface area contributed by atoms with Crippen LogP contribution in [0.5, 0.6) is 0 Å². The molecule has 110 valence electrons. The van der Waals surface area contributed by atoms with Gasteiger partial charge in [0, 0.05) is 18.1 Å². The van der Waals surface area contributed by atoms with Gasteiger partial charge in [0.2, 0.25) is 5.91 Å². The molecule has 4 nitrogen and oxygen atoms in total. The number of nitrogens with one attached hydrogen (secondary N) is 1. The van der Waals surface area contributed by atoms with Gasteiger partial charge < -0.3 is 11.1 Å². The third-order valence-corrected chi connectivity index (χ3v) is 4.72. The van der Waals surface area contributed by atoms with Crippen LogP contribution in [0.1, 0.15) is 52.4 Å². The minimum Gasteiger partial charge on any atom is -0.350 e. The van der Waals surface area contributed by atoms with Crippen LogP contribution in [0.3, 0.4) is 0 Å². The second-order valence-electron chi connectivity index (χ2n) is 6.63. The number of likely N-dealkylation sites (N-methyl/N-ethyl adjacent to an activating group) is 1. The molecule has 2 aliphatic carbocycles. The maximum atomic E-state index is 12.2. The SMILES string of the molecule is CC(C)[C@H](N)C(=O)N[C@@H]1CCCC[C@H]1N(C)C1CC1. The normalized spacial score (nSPS) is 29.6. The van der Waals surface area contributed by atoms with E-state index in [4.69, 9.17) is 5.73 Å². The summed E-state index contributed by atoms with van der Waals surface area (Å²) in [4.78, 5) is 14.6. The number of hydrogen-bond acceptors (Lipinski definition) is 3. The molecule has 0 spiro atoms. The first-order valence-corrected chi connectivity index (χ1v) is 7.78. The van der Waals surface area contributed by atoms with Gasteiger partial charge in [-0.15, -0.1) is 0 Å². The van der Waals surface area contributed by atoms with Crippen LogP contribution in [0.4, 0.5) is 0 Å². The highest BCUT2D eigenvalue weighted by molar-refractivity contribution is 5.82. The minimum atomic E-state index is -0.381. The average Bonchev–Trinajstić information content (AvgIpc) is 3.21. The summed E-state index contributed by atoms with van der Waals surface area (Å²) in [6.07, 6.45) is 7.44. The van der Waals surface area contributed by atoms with Crippen LogP contribution in [0.25, 0.3) is 0 Å². The van der Waals surface area contributed by atoms with Crippen molar-refractivity contribution >= 4 is 5.91 Å². The monoisotopic (exact) mass is 267 g/mol. The maximum Gasteiger partial charge on any atom is 0.237 e. The highest BCUT2D eigenvalue weighted by Gasteiger charge is 2.37. The Balaban J connectivity index is 1.93. The smallest absolute Gasteiger partial charge is 0.237 e. The number of nitrogens with two attached hydrogens (primary N) is 1. The highest BCUT2D eigenvalue weighted by atomic mass is 16.2. The van der Waals surface area contributed by atoms with E-state index in [2.05, 4.69) is 17.3 Å². The fourth-order valence-electron chi connectivity index (χ4n) is 3.10. The van der Waals surface area contributed by atoms with Crippen molar-refractivity contribution in [3.63, 3.8) is 0 Å². The Hall–Kier alpha value is -0.610. The number of amides is 1. The molecule has 2 saturated carbocycles. The van der Waals surface area contributed by atoms with Crippen molar-refractivity contribution in [3.8, 4) is 0 Å². The summed E-state index contributed by atoms with van der Waals surface area (Å²) in [5, 5.41) is 3.21. The van der Waals surface area contributed by atoms with Crippen molar-refractivity contribution in [2.45, 2.75) is 76.5 Å². The molecule has 0 unspecified atom stereocenters. The Morgan fingerprint density at radius 2 is 1.84 bits per heavy atom. The first-order valence-electron chi connectivity index (χ1n) is 7.78. The zero-order valence-electron chi connectivity index (χ0n) is 12.6. The predicted octanol–water partition coefficient (Wildman–Crippen LogP) is 1.49. The summed E-state index contributed by atoms with van der Waals surface area (Å²) in [6, 6.07) is 1.16. The van der Waals surface area contributed by atoms with Crippen molar-refractivity contribution in [1.82, 2.24) is 10.2 Å². The lowest BCUT2D eigenvalue weighted by molar-refractivity contribution is -0.124. The van der Waals surface area contributed by atoms with Crippen LogP contribution in [0.2, 0.25) is 0 Å². The number of carbonyl (C=O) groups excluding carboxylic acids is 1. The maximum absolute atomic E-state index is 12.2. The van der Waals surface area contributed by atoms with E-state index >= 15 is 0 Å². The zero-order chi connectivity index (χ0) is 14.0. The largest absolute Gasteiger partial charge is 0.350 e. The molecule has 3 atom stereocenters. The Bertz CT molecular complexity index is 315. The molecule has 19 heavy (non-hydrogen) atoms. The molecule has 1 amide bonds. The van der Waals surface area contributed by atoms with E-state index < -0.39 is 0 Å². The Morgan fingerprint density at radius 3 is 2.42 bits per heavy atom. The lowest BCUT2D eigenvalue weighted by atomic mass is 9.88. The molecular weight excluding hydrogens is 238 g/mol. The Morgan fingerprint density at radius 1 is 1.21 bits per heavy atom. The van der Waals surface area contributed by atoms with Gasteiger partial charge in [-0.2, -0.15) is 0 Å². The fraction of sp³-hybridized carbons (Fsp3) is 0.933. The van der Waals surface area contributed by atoms with Crippen molar-refractivity contribution in [3.05, 3.63) is 0 Å². The molecule has 0 saturated heterocycles.